The Bertz CT molecular complexity index is 470. The summed E-state index contributed by atoms with van der Waals surface area (Å²) in [6.45, 7) is 0. The van der Waals surface area contributed by atoms with Crippen LogP contribution in [-0.2, 0) is 32.5 Å². The molecule has 0 aromatic rings. The van der Waals surface area contributed by atoms with Crippen LogP contribution in [-0.4, -0.2) is 74.9 Å². The fourth-order valence-electron chi connectivity index (χ4n) is 1.13. The molecule has 1 aliphatic carbocycles. The fraction of sp³-hybridized carbons (Fsp3) is 0.167. The van der Waals surface area contributed by atoms with Crippen molar-refractivity contribution in [1.82, 2.24) is 0 Å². The van der Waals surface area contributed by atoms with E-state index in [-0.39, 0.29) is 79.5 Å². The van der Waals surface area contributed by atoms with Gasteiger partial charge in [0.2, 0.25) is 4.87 Å². The molecular formula is C6H5AgKN3O3S. The van der Waals surface area contributed by atoms with Gasteiger partial charge in [-0.25, -0.2) is 8.42 Å². The van der Waals surface area contributed by atoms with E-state index in [9.17, 15) is 13.0 Å². The molecule has 0 saturated carbocycles. The first-order valence-corrected chi connectivity index (χ1v) is 4.79. The van der Waals surface area contributed by atoms with Crippen molar-refractivity contribution in [3.05, 3.63) is 24.3 Å². The van der Waals surface area contributed by atoms with Crippen LogP contribution in [0.15, 0.2) is 39.7 Å². The van der Waals surface area contributed by atoms with Gasteiger partial charge in [-0.3, -0.25) is 0 Å². The Labute approximate surface area is 145 Å². The van der Waals surface area contributed by atoms with Crippen molar-refractivity contribution < 1.29 is 35.4 Å². The molecule has 0 spiro atoms. The fourth-order valence-corrected chi connectivity index (χ4v) is 1.87. The molecule has 0 fully saturated rings. The summed E-state index contributed by atoms with van der Waals surface area (Å²) in [5.41, 5.74) is 0.0463. The quantitative estimate of drug-likeness (QED) is 0.474. The van der Waals surface area contributed by atoms with Gasteiger partial charge in [-0.15, -0.1) is 10.2 Å². The van der Waals surface area contributed by atoms with Crippen LogP contribution in [0.1, 0.15) is 0 Å². The molecule has 2 rings (SSSR count). The molecule has 6 nitrogen and oxygen atoms in total. The standard InChI is InChI=1S/C6H5N3O3S.Ag.K.H/c10-13(11,12)6-4-2-1-3-5(6)7-9-8-6;;;/h1-4H,(H,10,11,12);;;/q;+1;;/p-1. The second-order valence-electron chi connectivity index (χ2n) is 2.54. The summed E-state index contributed by atoms with van der Waals surface area (Å²) >= 11 is 0. The first-order valence-electron chi connectivity index (χ1n) is 3.38. The zero-order valence-corrected chi connectivity index (χ0v) is 8.88. The Morgan fingerprint density at radius 2 is 2.00 bits per heavy atom. The first-order chi connectivity index (χ1) is 6.06. The van der Waals surface area contributed by atoms with Crippen molar-refractivity contribution in [3.8, 4) is 0 Å². The summed E-state index contributed by atoms with van der Waals surface area (Å²) in [5.74, 6) is 0. The van der Waals surface area contributed by atoms with E-state index in [1.165, 1.54) is 18.2 Å². The number of fused-ring (bicyclic) bond motifs is 1. The molecule has 0 bridgehead atoms. The maximum absolute atomic E-state index is 10.9. The van der Waals surface area contributed by atoms with Crippen LogP contribution >= 0.6 is 0 Å². The first kappa shape index (κ1) is 16.0. The molecule has 0 saturated heterocycles. The van der Waals surface area contributed by atoms with Crippen LogP contribution < -0.4 is 0 Å². The van der Waals surface area contributed by atoms with Crippen molar-refractivity contribution in [3.63, 3.8) is 0 Å². The van der Waals surface area contributed by atoms with E-state index in [2.05, 4.69) is 15.4 Å². The predicted molar refractivity (Wildman–Crippen MR) is 50.1 cm³/mol. The number of nitrogens with zero attached hydrogens (tertiary/aromatic N) is 3. The molecule has 1 unspecified atom stereocenters. The summed E-state index contributed by atoms with van der Waals surface area (Å²) in [6, 6.07) is 0. The number of hydrogen-bond donors (Lipinski definition) is 0. The van der Waals surface area contributed by atoms with Crippen LogP contribution in [0.2, 0.25) is 0 Å². The average molecular weight is 346 g/mol. The molecule has 1 heterocycles. The van der Waals surface area contributed by atoms with Crippen molar-refractivity contribution in [2.24, 2.45) is 15.4 Å². The van der Waals surface area contributed by atoms with Gasteiger partial charge >= 0.3 is 73.8 Å². The van der Waals surface area contributed by atoms with E-state index >= 15 is 0 Å². The summed E-state index contributed by atoms with van der Waals surface area (Å²) < 4.78 is 32.7. The van der Waals surface area contributed by atoms with E-state index < -0.39 is 15.0 Å². The van der Waals surface area contributed by atoms with Gasteiger partial charge in [0.25, 0.3) is 0 Å². The molecule has 9 heteroatoms. The van der Waals surface area contributed by atoms with Crippen LogP contribution in [0.3, 0.4) is 0 Å². The van der Waals surface area contributed by atoms with Crippen LogP contribution in [0.4, 0.5) is 0 Å². The van der Waals surface area contributed by atoms with E-state index in [0.717, 1.165) is 0 Å². The third kappa shape index (κ3) is 2.65. The van der Waals surface area contributed by atoms with Gasteiger partial charge < -0.3 is 4.55 Å². The van der Waals surface area contributed by atoms with Crippen molar-refractivity contribution >= 4 is 67.2 Å². The van der Waals surface area contributed by atoms with Crippen LogP contribution in [0, 0.1) is 0 Å². The van der Waals surface area contributed by atoms with E-state index in [0.29, 0.717) is 0 Å². The van der Waals surface area contributed by atoms with Gasteiger partial charge in [-0.05, 0) is 17.4 Å². The Morgan fingerprint density at radius 1 is 1.33 bits per heavy atom. The minimum absolute atomic E-state index is 0. The average Bonchev–Trinajstić information content (AvgIpc) is 2.46. The normalized spacial score (nSPS) is 26.3. The second-order valence-corrected chi connectivity index (χ2v) is 4.07. The topological polar surface area (TPSA) is 94.3 Å². The molecule has 0 amide bonds. The molecule has 0 aromatic heterocycles. The summed E-state index contributed by atoms with van der Waals surface area (Å²) in [7, 11) is -4.60. The predicted octanol–water partition coefficient (Wildman–Crippen LogP) is -0.475. The zero-order valence-electron chi connectivity index (χ0n) is 6.59. The molecule has 0 aromatic carbocycles. The van der Waals surface area contributed by atoms with Crippen LogP contribution in [0.5, 0.6) is 0 Å². The van der Waals surface area contributed by atoms with Crippen molar-refractivity contribution in [2.75, 3.05) is 0 Å². The van der Waals surface area contributed by atoms with Crippen LogP contribution in [0.25, 0.3) is 0 Å². The van der Waals surface area contributed by atoms with Gasteiger partial charge in [0.15, 0.2) is 0 Å². The van der Waals surface area contributed by atoms with E-state index in [4.69, 9.17) is 0 Å². The summed E-state index contributed by atoms with van der Waals surface area (Å²) in [6.07, 6.45) is 5.57. The molecule has 15 heavy (non-hydrogen) atoms. The molecule has 2 aliphatic rings. The number of allylic oxidation sites excluding steroid dienone is 2. The Morgan fingerprint density at radius 3 is 2.53 bits per heavy atom. The molecule has 0 radical (unpaired) electrons. The Balaban J connectivity index is 0.000000980. The van der Waals surface area contributed by atoms with Gasteiger partial charge in [-0.1, -0.05) is 12.2 Å². The number of hydrogen-bond acceptors (Lipinski definition) is 6. The molecule has 1 atom stereocenters. The SMILES string of the molecule is O=S(=O)([O-])C12C=CC=CC1=NN=N2.[Ag+].[KH]. The second kappa shape index (κ2) is 5.58. The Kier molecular flexibility index (Phi) is 5.97. The third-order valence-corrected chi connectivity index (χ3v) is 2.97. The van der Waals surface area contributed by atoms with Gasteiger partial charge in [0.1, 0.15) is 15.8 Å². The monoisotopic (exact) mass is 345 g/mol. The van der Waals surface area contributed by atoms with E-state index in [1.54, 1.807) is 6.08 Å². The minimum atomic E-state index is -4.60. The molecule has 1 aliphatic heterocycles. The summed E-state index contributed by atoms with van der Waals surface area (Å²) in [4.78, 5) is -1.91. The summed E-state index contributed by atoms with van der Waals surface area (Å²) in [5, 5.41) is 10.00. The molecular weight excluding hydrogens is 341 g/mol. The van der Waals surface area contributed by atoms with Crippen molar-refractivity contribution in [1.29, 1.82) is 0 Å². The van der Waals surface area contributed by atoms with Gasteiger partial charge in [0.05, 0.1) is 0 Å². The number of rotatable bonds is 1. The Hall–Kier alpha value is 1.04. The molecule has 80 valence electrons. The van der Waals surface area contributed by atoms with Gasteiger partial charge in [-0.2, -0.15) is 0 Å². The van der Waals surface area contributed by atoms with Crippen molar-refractivity contribution in [2.45, 2.75) is 4.87 Å². The zero-order chi connectivity index (χ0) is 9.53. The molecule has 0 N–H and O–H groups in total. The van der Waals surface area contributed by atoms with Gasteiger partial charge in [0, 0.05) is 0 Å². The third-order valence-electron chi connectivity index (χ3n) is 1.78. The van der Waals surface area contributed by atoms with E-state index in [1.807, 2.05) is 0 Å². The maximum atomic E-state index is 10.9.